The number of carbonyl (C=O) groups is 1. The zero-order valence-electron chi connectivity index (χ0n) is 9.77. The van der Waals surface area contributed by atoms with Gasteiger partial charge in [-0.2, -0.15) is 18.6 Å². The van der Waals surface area contributed by atoms with Gasteiger partial charge in [-0.05, 0) is 18.8 Å². The SMILES string of the molecule is CC12CCC(C(Br)C1=O)C2(C)CS(=O)(=O)ON. The van der Waals surface area contributed by atoms with Crippen LogP contribution in [-0.4, -0.2) is 24.8 Å². The summed E-state index contributed by atoms with van der Waals surface area (Å²) in [6.07, 6.45) is 1.59. The molecule has 7 heteroatoms. The average molecular weight is 326 g/mol. The normalized spacial score (nSPS) is 45.5. The van der Waals surface area contributed by atoms with E-state index in [9.17, 15) is 13.2 Å². The monoisotopic (exact) mass is 325 g/mol. The van der Waals surface area contributed by atoms with Gasteiger partial charge in [0, 0.05) is 10.8 Å². The lowest BCUT2D eigenvalue weighted by Crippen LogP contribution is -2.41. The van der Waals surface area contributed by atoms with Crippen LogP contribution in [0.15, 0.2) is 0 Å². The molecule has 4 atom stereocenters. The quantitative estimate of drug-likeness (QED) is 0.617. The molecule has 0 saturated heterocycles. The third-order valence-corrected chi connectivity index (χ3v) is 7.11. The van der Waals surface area contributed by atoms with Gasteiger partial charge < -0.3 is 0 Å². The van der Waals surface area contributed by atoms with Crippen molar-refractivity contribution in [3.8, 4) is 0 Å². The second-order valence-corrected chi connectivity index (χ2v) is 8.04. The highest BCUT2D eigenvalue weighted by Gasteiger charge is 2.68. The Kier molecular flexibility index (Phi) is 2.97. The molecule has 17 heavy (non-hydrogen) atoms. The molecule has 2 aliphatic carbocycles. The topological polar surface area (TPSA) is 86.5 Å². The molecule has 4 unspecified atom stereocenters. The first-order chi connectivity index (χ1) is 7.68. The van der Waals surface area contributed by atoms with E-state index in [0.29, 0.717) is 0 Å². The van der Waals surface area contributed by atoms with Gasteiger partial charge in [-0.1, -0.05) is 29.8 Å². The Bertz CT molecular complexity index is 465. The number of ketones is 1. The van der Waals surface area contributed by atoms with Crippen molar-refractivity contribution in [2.45, 2.75) is 31.5 Å². The molecular formula is C10H16BrNO4S. The fraction of sp³-hybridized carbons (Fsp3) is 0.900. The number of Topliss-reactive ketones (excluding diaryl/α,β-unsaturated/α-hetero) is 1. The molecule has 0 aliphatic heterocycles. The van der Waals surface area contributed by atoms with Gasteiger partial charge in [0.1, 0.15) is 0 Å². The maximum Gasteiger partial charge on any atom is 0.283 e. The Labute approximate surface area is 109 Å². The van der Waals surface area contributed by atoms with E-state index >= 15 is 0 Å². The summed E-state index contributed by atoms with van der Waals surface area (Å²) in [5, 5.41) is 0. The van der Waals surface area contributed by atoms with Crippen molar-refractivity contribution in [3.05, 3.63) is 0 Å². The molecule has 2 fully saturated rings. The number of carbonyl (C=O) groups excluding carboxylic acids is 1. The molecule has 2 saturated carbocycles. The van der Waals surface area contributed by atoms with Crippen molar-refractivity contribution in [3.63, 3.8) is 0 Å². The van der Waals surface area contributed by atoms with Crippen molar-refractivity contribution < 1.29 is 17.5 Å². The number of alkyl halides is 1. The molecule has 0 aromatic heterocycles. The first-order valence-electron chi connectivity index (χ1n) is 5.47. The van der Waals surface area contributed by atoms with Crippen LogP contribution in [-0.2, 0) is 19.2 Å². The van der Waals surface area contributed by atoms with E-state index in [4.69, 9.17) is 5.90 Å². The predicted octanol–water partition coefficient (Wildman–Crippen LogP) is 0.975. The lowest BCUT2D eigenvalue weighted by atomic mass is 9.70. The Hall–Kier alpha value is 0.0200. The number of rotatable bonds is 3. The van der Waals surface area contributed by atoms with E-state index < -0.39 is 20.9 Å². The first-order valence-corrected chi connectivity index (χ1v) is 7.97. The van der Waals surface area contributed by atoms with Crippen LogP contribution in [0, 0.1) is 16.7 Å². The number of hydrogen-bond donors (Lipinski definition) is 1. The van der Waals surface area contributed by atoms with Crippen LogP contribution >= 0.6 is 15.9 Å². The molecule has 98 valence electrons. The molecule has 0 amide bonds. The summed E-state index contributed by atoms with van der Waals surface area (Å²) in [4.78, 5) is 11.9. The summed E-state index contributed by atoms with van der Waals surface area (Å²) in [6.45, 7) is 3.70. The van der Waals surface area contributed by atoms with E-state index in [0.717, 1.165) is 12.8 Å². The fourth-order valence-electron chi connectivity index (χ4n) is 3.49. The van der Waals surface area contributed by atoms with Crippen LogP contribution in [0.2, 0.25) is 0 Å². The minimum Gasteiger partial charge on any atom is -0.298 e. The summed E-state index contributed by atoms with van der Waals surface area (Å²) in [5.41, 5.74) is -1.20. The molecular weight excluding hydrogens is 310 g/mol. The first kappa shape index (κ1) is 13.5. The Morgan fingerprint density at radius 1 is 1.53 bits per heavy atom. The van der Waals surface area contributed by atoms with Gasteiger partial charge in [-0.25, -0.2) is 0 Å². The predicted molar refractivity (Wildman–Crippen MR) is 65.7 cm³/mol. The number of nitrogens with two attached hydrogens (primary N) is 1. The van der Waals surface area contributed by atoms with Crippen LogP contribution in [0.4, 0.5) is 0 Å². The van der Waals surface area contributed by atoms with E-state index in [1.165, 1.54) is 0 Å². The van der Waals surface area contributed by atoms with Gasteiger partial charge in [-0.3, -0.25) is 4.79 Å². The zero-order valence-corrected chi connectivity index (χ0v) is 12.2. The van der Waals surface area contributed by atoms with Crippen LogP contribution < -0.4 is 5.90 Å². The molecule has 2 bridgehead atoms. The number of hydrogen-bond acceptors (Lipinski definition) is 5. The second-order valence-electron chi connectivity index (χ2n) is 5.46. The van der Waals surface area contributed by atoms with E-state index in [1.54, 1.807) is 0 Å². The fourth-order valence-corrected chi connectivity index (χ4v) is 6.17. The summed E-state index contributed by atoms with van der Waals surface area (Å²) in [7, 11) is -3.77. The standard InChI is InChI=1S/C10H16BrNO4S/c1-9-4-3-6(7(11)8(9)13)10(9,2)5-17(14,15)16-12/h6-7H,3-5,12H2,1-2H3. The van der Waals surface area contributed by atoms with Crippen LogP contribution in [0.5, 0.6) is 0 Å². The van der Waals surface area contributed by atoms with Gasteiger partial charge >= 0.3 is 0 Å². The summed E-state index contributed by atoms with van der Waals surface area (Å²) in [5.74, 6) is 4.71. The van der Waals surface area contributed by atoms with Crippen molar-refractivity contribution in [2.24, 2.45) is 22.6 Å². The summed E-state index contributed by atoms with van der Waals surface area (Å²) >= 11 is 3.38. The highest BCUT2D eigenvalue weighted by atomic mass is 79.9. The smallest absolute Gasteiger partial charge is 0.283 e. The van der Waals surface area contributed by atoms with Gasteiger partial charge in [-0.15, -0.1) is 0 Å². The molecule has 0 aromatic rings. The van der Waals surface area contributed by atoms with Crippen molar-refractivity contribution >= 4 is 31.8 Å². The maximum atomic E-state index is 12.2. The third kappa shape index (κ3) is 1.63. The number of fused-ring (bicyclic) bond motifs is 2. The molecule has 0 radical (unpaired) electrons. The molecule has 5 nitrogen and oxygen atoms in total. The lowest BCUT2D eigenvalue weighted by molar-refractivity contribution is -0.127. The molecule has 2 aliphatic rings. The Balaban J connectivity index is 2.42. The van der Waals surface area contributed by atoms with Crippen LogP contribution in [0.3, 0.4) is 0 Å². The van der Waals surface area contributed by atoms with Gasteiger partial charge in [0.05, 0.1) is 10.6 Å². The van der Waals surface area contributed by atoms with Crippen molar-refractivity contribution in [1.82, 2.24) is 0 Å². The molecule has 0 heterocycles. The lowest BCUT2D eigenvalue weighted by Gasteiger charge is -2.35. The minimum atomic E-state index is -3.77. The second kappa shape index (κ2) is 3.76. The largest absolute Gasteiger partial charge is 0.298 e. The average Bonchev–Trinajstić information content (AvgIpc) is 2.55. The minimum absolute atomic E-state index is 0.0323. The van der Waals surface area contributed by atoms with Crippen LogP contribution in [0.25, 0.3) is 0 Å². The van der Waals surface area contributed by atoms with Gasteiger partial charge in [0.15, 0.2) is 5.78 Å². The Morgan fingerprint density at radius 2 is 2.12 bits per heavy atom. The van der Waals surface area contributed by atoms with Crippen molar-refractivity contribution in [1.29, 1.82) is 0 Å². The van der Waals surface area contributed by atoms with Gasteiger partial charge in [0.2, 0.25) is 0 Å². The highest BCUT2D eigenvalue weighted by molar-refractivity contribution is 9.10. The Morgan fingerprint density at radius 3 is 2.53 bits per heavy atom. The maximum absolute atomic E-state index is 12.2. The number of halogens is 1. The summed E-state index contributed by atoms with van der Waals surface area (Å²) in [6, 6.07) is 0. The van der Waals surface area contributed by atoms with Crippen molar-refractivity contribution in [2.75, 3.05) is 5.75 Å². The van der Waals surface area contributed by atoms with Gasteiger partial charge in [0.25, 0.3) is 10.1 Å². The molecule has 2 rings (SSSR count). The zero-order chi connectivity index (χ0) is 13.1. The molecule has 0 spiro atoms. The summed E-state index contributed by atoms with van der Waals surface area (Å²) < 4.78 is 27.2. The highest BCUT2D eigenvalue weighted by Crippen LogP contribution is 2.65. The van der Waals surface area contributed by atoms with Crippen LogP contribution in [0.1, 0.15) is 26.7 Å². The molecule has 2 N–H and O–H groups in total. The van der Waals surface area contributed by atoms with E-state index in [1.807, 2.05) is 13.8 Å². The van der Waals surface area contributed by atoms with E-state index in [-0.39, 0.29) is 22.3 Å². The third-order valence-electron chi connectivity index (χ3n) is 4.81. The molecule has 0 aromatic carbocycles. The van der Waals surface area contributed by atoms with E-state index in [2.05, 4.69) is 20.2 Å².